The highest BCUT2D eigenvalue weighted by Gasteiger charge is 1.98. The summed E-state index contributed by atoms with van der Waals surface area (Å²) in [4.78, 5) is 0. The molecule has 0 atom stereocenters. The summed E-state index contributed by atoms with van der Waals surface area (Å²) in [6.45, 7) is 0. The molecule has 0 aliphatic carbocycles. The molecule has 2 aromatic rings. The molecule has 4 heteroatoms. The summed E-state index contributed by atoms with van der Waals surface area (Å²) < 4.78 is 1.58. The van der Waals surface area contributed by atoms with Gasteiger partial charge >= 0.3 is 0 Å². The molecule has 0 spiro atoms. The monoisotopic (exact) mass is 194 g/mol. The Bertz CT molecular complexity index is 408. The quantitative estimate of drug-likeness (QED) is 0.756. The van der Waals surface area contributed by atoms with E-state index >= 15 is 0 Å². The summed E-state index contributed by atoms with van der Waals surface area (Å²) in [5, 5.41) is 13.7. The van der Waals surface area contributed by atoms with Crippen LogP contribution in [0, 0.1) is 0 Å². The van der Waals surface area contributed by atoms with Crippen LogP contribution in [0.1, 0.15) is 0 Å². The van der Waals surface area contributed by atoms with Gasteiger partial charge < -0.3 is 5.11 Å². The van der Waals surface area contributed by atoms with Crippen LogP contribution >= 0.6 is 11.6 Å². The first-order valence-corrected chi connectivity index (χ1v) is 4.13. The average molecular weight is 195 g/mol. The Labute approximate surface area is 80.2 Å². The van der Waals surface area contributed by atoms with Crippen molar-refractivity contribution in [1.29, 1.82) is 0 Å². The molecule has 0 fully saturated rings. The Hall–Kier alpha value is -1.48. The summed E-state index contributed by atoms with van der Waals surface area (Å²) in [7, 11) is 0. The van der Waals surface area contributed by atoms with Gasteiger partial charge in [-0.1, -0.05) is 11.6 Å². The lowest BCUT2D eigenvalue weighted by Gasteiger charge is -1.99. The Morgan fingerprint density at radius 3 is 2.46 bits per heavy atom. The molecule has 0 bridgehead atoms. The predicted molar refractivity (Wildman–Crippen MR) is 50.2 cm³/mol. The third kappa shape index (κ3) is 1.65. The summed E-state index contributed by atoms with van der Waals surface area (Å²) in [5.74, 6) is 0.148. The molecular weight excluding hydrogens is 188 g/mol. The number of hydrogen-bond donors (Lipinski definition) is 1. The molecule has 0 saturated heterocycles. The molecule has 0 aliphatic rings. The molecule has 1 N–H and O–H groups in total. The van der Waals surface area contributed by atoms with Crippen LogP contribution in [-0.4, -0.2) is 14.9 Å². The predicted octanol–water partition coefficient (Wildman–Crippen LogP) is 2.23. The molecule has 1 aromatic heterocycles. The van der Waals surface area contributed by atoms with E-state index in [4.69, 9.17) is 16.7 Å². The molecule has 3 nitrogen and oxygen atoms in total. The van der Waals surface area contributed by atoms with Gasteiger partial charge in [0.2, 0.25) is 0 Å². The van der Waals surface area contributed by atoms with Crippen molar-refractivity contribution in [1.82, 2.24) is 9.78 Å². The van der Waals surface area contributed by atoms with Crippen LogP contribution in [0.5, 0.6) is 5.75 Å². The fraction of sp³-hybridized carbons (Fsp3) is 0. The van der Waals surface area contributed by atoms with E-state index in [2.05, 4.69) is 5.10 Å². The molecule has 0 aliphatic heterocycles. The standard InChI is InChI=1S/C9H7ClN2O/c10-7-1-3-8(4-2-7)12-6-9(13)5-11-12/h1-6,13H. The van der Waals surface area contributed by atoms with E-state index in [1.807, 2.05) is 12.1 Å². The minimum absolute atomic E-state index is 0.148. The molecule has 0 radical (unpaired) electrons. The van der Waals surface area contributed by atoms with Crippen molar-refractivity contribution in [2.24, 2.45) is 0 Å². The van der Waals surface area contributed by atoms with Crippen molar-refractivity contribution in [2.45, 2.75) is 0 Å². The summed E-state index contributed by atoms with van der Waals surface area (Å²) in [6.07, 6.45) is 2.91. The van der Waals surface area contributed by atoms with E-state index in [0.717, 1.165) is 5.69 Å². The van der Waals surface area contributed by atoms with Gasteiger partial charge in [0.15, 0.2) is 5.75 Å². The Kier molecular flexibility index (Phi) is 1.94. The van der Waals surface area contributed by atoms with Crippen molar-refractivity contribution in [3.8, 4) is 11.4 Å². The number of rotatable bonds is 1. The van der Waals surface area contributed by atoms with Gasteiger partial charge in [0, 0.05) is 5.02 Å². The third-order valence-corrected chi connectivity index (χ3v) is 1.91. The van der Waals surface area contributed by atoms with Crippen molar-refractivity contribution in [3.05, 3.63) is 41.7 Å². The SMILES string of the molecule is Oc1cnn(-c2ccc(Cl)cc2)c1. The van der Waals surface area contributed by atoms with Crippen molar-refractivity contribution < 1.29 is 5.11 Å². The van der Waals surface area contributed by atoms with Gasteiger partial charge in [-0.2, -0.15) is 5.10 Å². The van der Waals surface area contributed by atoms with Crippen LogP contribution in [0.4, 0.5) is 0 Å². The zero-order valence-corrected chi connectivity index (χ0v) is 7.44. The van der Waals surface area contributed by atoms with Crippen LogP contribution in [0.2, 0.25) is 5.02 Å². The number of hydrogen-bond acceptors (Lipinski definition) is 2. The van der Waals surface area contributed by atoms with E-state index in [1.165, 1.54) is 12.4 Å². The van der Waals surface area contributed by atoms with Gasteiger partial charge in [-0.15, -0.1) is 0 Å². The zero-order valence-electron chi connectivity index (χ0n) is 6.68. The molecular formula is C9H7ClN2O. The summed E-state index contributed by atoms with van der Waals surface area (Å²) in [6, 6.07) is 7.20. The number of halogens is 1. The summed E-state index contributed by atoms with van der Waals surface area (Å²) in [5.41, 5.74) is 0.865. The first-order chi connectivity index (χ1) is 6.25. The maximum atomic E-state index is 9.06. The smallest absolute Gasteiger partial charge is 0.153 e. The van der Waals surface area contributed by atoms with Gasteiger partial charge in [-0.3, -0.25) is 0 Å². The largest absolute Gasteiger partial charge is 0.505 e. The Morgan fingerprint density at radius 2 is 1.92 bits per heavy atom. The molecule has 0 unspecified atom stereocenters. The Balaban J connectivity index is 2.41. The molecule has 13 heavy (non-hydrogen) atoms. The molecule has 0 amide bonds. The van der Waals surface area contributed by atoms with Crippen molar-refractivity contribution in [3.63, 3.8) is 0 Å². The van der Waals surface area contributed by atoms with E-state index in [0.29, 0.717) is 5.02 Å². The lowest BCUT2D eigenvalue weighted by Crippen LogP contribution is -1.92. The highest BCUT2D eigenvalue weighted by Crippen LogP contribution is 2.14. The van der Waals surface area contributed by atoms with Gasteiger partial charge in [0.25, 0.3) is 0 Å². The van der Waals surface area contributed by atoms with Gasteiger partial charge in [0.1, 0.15) is 0 Å². The molecule has 2 rings (SSSR count). The second-order valence-corrected chi connectivity index (χ2v) is 3.06. The topological polar surface area (TPSA) is 38.1 Å². The average Bonchev–Trinajstić information content (AvgIpc) is 2.53. The van der Waals surface area contributed by atoms with E-state index in [9.17, 15) is 0 Å². The summed E-state index contributed by atoms with van der Waals surface area (Å²) >= 11 is 5.73. The number of aromatic hydroxyl groups is 1. The van der Waals surface area contributed by atoms with Crippen molar-refractivity contribution in [2.75, 3.05) is 0 Å². The second kappa shape index (κ2) is 3.11. The van der Waals surface area contributed by atoms with E-state index in [-0.39, 0.29) is 5.75 Å². The normalized spacial score (nSPS) is 10.2. The third-order valence-electron chi connectivity index (χ3n) is 1.66. The lowest BCUT2D eigenvalue weighted by molar-refractivity contribution is 0.475. The molecule has 1 aromatic carbocycles. The van der Waals surface area contributed by atoms with Crippen LogP contribution < -0.4 is 0 Å². The fourth-order valence-corrected chi connectivity index (χ4v) is 1.17. The van der Waals surface area contributed by atoms with E-state index in [1.54, 1.807) is 16.8 Å². The van der Waals surface area contributed by atoms with Crippen molar-refractivity contribution >= 4 is 11.6 Å². The van der Waals surface area contributed by atoms with E-state index < -0.39 is 0 Å². The first-order valence-electron chi connectivity index (χ1n) is 3.75. The van der Waals surface area contributed by atoms with Crippen LogP contribution in [0.15, 0.2) is 36.7 Å². The highest BCUT2D eigenvalue weighted by atomic mass is 35.5. The highest BCUT2D eigenvalue weighted by molar-refractivity contribution is 6.30. The fourth-order valence-electron chi connectivity index (χ4n) is 1.05. The van der Waals surface area contributed by atoms with Gasteiger partial charge in [-0.05, 0) is 24.3 Å². The number of aromatic nitrogens is 2. The second-order valence-electron chi connectivity index (χ2n) is 2.62. The minimum Gasteiger partial charge on any atom is -0.505 e. The molecule has 1 heterocycles. The first kappa shape index (κ1) is 8.13. The van der Waals surface area contributed by atoms with Gasteiger partial charge in [-0.25, -0.2) is 4.68 Å². The maximum absolute atomic E-state index is 9.06. The molecule has 66 valence electrons. The van der Waals surface area contributed by atoms with Crippen LogP contribution in [-0.2, 0) is 0 Å². The van der Waals surface area contributed by atoms with Gasteiger partial charge in [0.05, 0.1) is 18.1 Å². The van der Waals surface area contributed by atoms with Crippen LogP contribution in [0.25, 0.3) is 5.69 Å². The maximum Gasteiger partial charge on any atom is 0.153 e. The Morgan fingerprint density at radius 1 is 1.23 bits per heavy atom. The van der Waals surface area contributed by atoms with Crippen LogP contribution in [0.3, 0.4) is 0 Å². The number of nitrogens with zero attached hydrogens (tertiary/aromatic N) is 2. The minimum atomic E-state index is 0.148. The lowest BCUT2D eigenvalue weighted by atomic mass is 10.3. The number of benzene rings is 1. The molecule has 0 saturated carbocycles. The zero-order chi connectivity index (χ0) is 9.26.